The molecular formula is C58H43N7. The molecule has 0 saturated heterocycles. The minimum atomic E-state index is 0.276. The molecule has 7 heteroatoms. The number of benzene rings is 8. The third-order valence-corrected chi connectivity index (χ3v) is 14.5. The Morgan fingerprint density at radius 3 is 1.28 bits per heavy atom. The molecule has 4 aromatic heterocycles. The molecule has 2 aliphatic rings. The number of rotatable bonds is 7. The first-order chi connectivity index (χ1) is 32.2. The molecule has 2 aliphatic carbocycles. The van der Waals surface area contributed by atoms with Gasteiger partial charge >= 0.3 is 0 Å². The van der Waals surface area contributed by atoms with Gasteiger partial charge in [0, 0.05) is 81.0 Å². The Bertz CT molecular complexity index is 3710. The number of fused-ring (bicyclic) bond motifs is 15. The summed E-state index contributed by atoms with van der Waals surface area (Å²) in [6.07, 6.45) is 3.69. The molecule has 8 aromatic carbocycles. The van der Waals surface area contributed by atoms with Crippen LogP contribution >= 0.6 is 0 Å². The van der Waals surface area contributed by atoms with E-state index in [2.05, 4.69) is 196 Å². The number of nitrogens with zero attached hydrogens (tertiary/aromatic N) is 5. The van der Waals surface area contributed by atoms with E-state index in [4.69, 9.17) is 9.97 Å². The lowest BCUT2D eigenvalue weighted by atomic mass is 9.96. The topological polar surface area (TPSA) is 64.6 Å². The third kappa shape index (κ3) is 5.08. The SMILES string of the molecule is CNCC1c2ccccc2-c2ccc(-n3c4ccccc4c4cc5c6cc7c8ccccc8n(-c8ccc9c(c8)C(CNC)c8ccccc8-9)c7cc6n(-c6ncccn6)c5cc43)cc21. The standard InChI is InChI=1S/C58H43N7/c1-59-32-50-38-14-5-3-12-36(38)40-22-20-34(26-44(40)50)63-52-18-9-7-16-42(52)46-28-48-49-29-47-43-17-8-10-19-53(43)64(35-21-23-41-37-13-4-6-15-39(37)51(33-60-2)45(41)27-35)55(47)31-57(49)65(56(48)30-54(46)63)58-61-24-11-25-62-58/h3-31,50-51,59-60H,32-33H2,1-2H3. The molecule has 0 fully saturated rings. The number of nitrogens with one attached hydrogen (secondary N) is 2. The summed E-state index contributed by atoms with van der Waals surface area (Å²) in [5, 5.41) is 14.2. The number of hydrogen-bond donors (Lipinski definition) is 2. The smallest absolute Gasteiger partial charge is 0.234 e. The zero-order chi connectivity index (χ0) is 42.9. The maximum absolute atomic E-state index is 4.92. The second kappa shape index (κ2) is 13.8. The van der Waals surface area contributed by atoms with Crippen molar-refractivity contribution < 1.29 is 0 Å². The van der Waals surface area contributed by atoms with E-state index >= 15 is 0 Å². The Labute approximate surface area is 375 Å². The molecule has 0 aliphatic heterocycles. The van der Waals surface area contributed by atoms with Crippen molar-refractivity contribution >= 4 is 65.4 Å². The summed E-state index contributed by atoms with van der Waals surface area (Å²) in [7, 11) is 4.10. The first-order valence-corrected chi connectivity index (χ1v) is 22.7. The van der Waals surface area contributed by atoms with Gasteiger partial charge in [-0.1, -0.05) is 97.1 Å². The van der Waals surface area contributed by atoms with Crippen LogP contribution in [0.3, 0.4) is 0 Å². The first-order valence-electron chi connectivity index (χ1n) is 22.7. The summed E-state index contributed by atoms with van der Waals surface area (Å²) in [5.74, 6) is 1.20. The van der Waals surface area contributed by atoms with Crippen LogP contribution in [0.5, 0.6) is 0 Å². The zero-order valence-electron chi connectivity index (χ0n) is 36.0. The maximum Gasteiger partial charge on any atom is 0.234 e. The van der Waals surface area contributed by atoms with Gasteiger partial charge in [0.1, 0.15) is 0 Å². The predicted molar refractivity (Wildman–Crippen MR) is 267 cm³/mol. The molecular weight excluding hydrogens is 795 g/mol. The average Bonchev–Trinajstić information content (AvgIpc) is 4.12. The Morgan fingerprint density at radius 2 is 0.785 bits per heavy atom. The van der Waals surface area contributed by atoms with Crippen molar-refractivity contribution in [1.29, 1.82) is 0 Å². The number of para-hydroxylation sites is 2. The lowest BCUT2D eigenvalue weighted by molar-refractivity contribution is 0.719. The van der Waals surface area contributed by atoms with Crippen molar-refractivity contribution in [1.82, 2.24) is 34.3 Å². The van der Waals surface area contributed by atoms with Crippen molar-refractivity contribution in [2.75, 3.05) is 27.2 Å². The monoisotopic (exact) mass is 837 g/mol. The zero-order valence-corrected chi connectivity index (χ0v) is 36.0. The summed E-state index contributed by atoms with van der Waals surface area (Å²) < 4.78 is 7.20. The van der Waals surface area contributed by atoms with Gasteiger partial charge < -0.3 is 19.8 Å². The summed E-state index contributed by atoms with van der Waals surface area (Å²) in [6.45, 7) is 1.75. The van der Waals surface area contributed by atoms with E-state index in [9.17, 15) is 0 Å². The lowest BCUT2D eigenvalue weighted by Crippen LogP contribution is -2.16. The van der Waals surface area contributed by atoms with Gasteiger partial charge in [0.15, 0.2) is 0 Å². The molecule has 7 nitrogen and oxygen atoms in total. The molecule has 310 valence electrons. The number of aromatic nitrogens is 5. The van der Waals surface area contributed by atoms with Gasteiger partial charge in [-0.3, -0.25) is 4.57 Å². The summed E-state index contributed by atoms with van der Waals surface area (Å²) in [4.78, 5) is 9.85. The van der Waals surface area contributed by atoms with Crippen LogP contribution in [-0.2, 0) is 0 Å². The van der Waals surface area contributed by atoms with Crippen molar-refractivity contribution in [3.8, 4) is 39.6 Å². The molecule has 12 aromatic rings. The molecule has 0 saturated carbocycles. The molecule has 2 unspecified atom stereocenters. The Morgan fingerprint density at radius 1 is 0.369 bits per heavy atom. The van der Waals surface area contributed by atoms with Crippen LogP contribution < -0.4 is 10.6 Å². The van der Waals surface area contributed by atoms with Crippen LogP contribution in [0.2, 0.25) is 0 Å². The maximum atomic E-state index is 4.92. The molecule has 4 heterocycles. The van der Waals surface area contributed by atoms with E-state index < -0.39 is 0 Å². The quantitative estimate of drug-likeness (QED) is 0.168. The second-order valence-electron chi connectivity index (χ2n) is 17.8. The van der Waals surface area contributed by atoms with E-state index in [0.29, 0.717) is 5.95 Å². The van der Waals surface area contributed by atoms with Crippen LogP contribution in [0.4, 0.5) is 0 Å². The Hall–Kier alpha value is -7.84. The third-order valence-electron chi connectivity index (χ3n) is 14.5. The normalized spacial score (nSPS) is 15.2. The van der Waals surface area contributed by atoms with E-state index in [1.54, 1.807) is 0 Å². The molecule has 2 N–H and O–H groups in total. The fourth-order valence-electron chi connectivity index (χ4n) is 11.8. The van der Waals surface area contributed by atoms with Crippen molar-refractivity contribution in [3.63, 3.8) is 0 Å². The number of hydrogen-bond acceptors (Lipinski definition) is 4. The van der Waals surface area contributed by atoms with Crippen LogP contribution in [0, 0.1) is 0 Å². The van der Waals surface area contributed by atoms with Gasteiger partial charge in [-0.15, -0.1) is 0 Å². The van der Waals surface area contributed by atoms with Gasteiger partial charge in [-0.25, -0.2) is 9.97 Å². The van der Waals surface area contributed by atoms with Crippen molar-refractivity contribution in [2.45, 2.75) is 11.8 Å². The summed E-state index contributed by atoms with van der Waals surface area (Å²) >= 11 is 0. The molecule has 14 rings (SSSR count). The minimum absolute atomic E-state index is 0.276. The van der Waals surface area contributed by atoms with Crippen LogP contribution in [-0.4, -0.2) is 50.9 Å². The van der Waals surface area contributed by atoms with Crippen LogP contribution in [0.15, 0.2) is 176 Å². The fraction of sp³-hybridized carbons (Fsp3) is 0.103. The Kier molecular flexibility index (Phi) is 7.79. The molecule has 0 amide bonds. The van der Waals surface area contributed by atoms with Crippen molar-refractivity contribution in [2.24, 2.45) is 0 Å². The highest BCUT2D eigenvalue weighted by Crippen LogP contribution is 2.49. The second-order valence-corrected chi connectivity index (χ2v) is 17.8. The van der Waals surface area contributed by atoms with Gasteiger partial charge in [0.05, 0.1) is 33.1 Å². The predicted octanol–water partition coefficient (Wildman–Crippen LogP) is 12.4. The minimum Gasteiger partial charge on any atom is -0.319 e. The molecule has 0 bridgehead atoms. The largest absolute Gasteiger partial charge is 0.319 e. The van der Waals surface area contributed by atoms with Crippen LogP contribution in [0.1, 0.15) is 34.1 Å². The van der Waals surface area contributed by atoms with E-state index in [0.717, 1.165) is 46.5 Å². The Balaban J connectivity index is 1.04. The average molecular weight is 838 g/mol. The van der Waals surface area contributed by atoms with E-state index in [-0.39, 0.29) is 11.8 Å². The van der Waals surface area contributed by atoms with Gasteiger partial charge in [-0.2, -0.15) is 0 Å². The molecule has 0 spiro atoms. The molecule has 65 heavy (non-hydrogen) atoms. The first kappa shape index (κ1) is 36.6. The van der Waals surface area contributed by atoms with E-state index in [1.807, 2.05) is 18.5 Å². The van der Waals surface area contributed by atoms with Gasteiger partial charge in [0.2, 0.25) is 5.95 Å². The highest BCUT2D eigenvalue weighted by atomic mass is 15.2. The van der Waals surface area contributed by atoms with Gasteiger partial charge in [0.25, 0.3) is 0 Å². The molecule has 0 radical (unpaired) electrons. The van der Waals surface area contributed by atoms with Crippen molar-refractivity contribution in [3.05, 3.63) is 198 Å². The summed E-state index contributed by atoms with van der Waals surface area (Å²) in [6, 6.07) is 61.1. The fourth-order valence-corrected chi connectivity index (χ4v) is 11.8. The number of likely N-dealkylation sites (N-methyl/N-ethyl adjacent to an activating group) is 2. The highest BCUT2D eigenvalue weighted by molar-refractivity contribution is 6.23. The van der Waals surface area contributed by atoms with Gasteiger partial charge in [-0.05, 0) is 125 Å². The van der Waals surface area contributed by atoms with Crippen LogP contribution in [0.25, 0.3) is 105 Å². The molecule has 2 atom stereocenters. The highest BCUT2D eigenvalue weighted by Gasteiger charge is 2.31. The van der Waals surface area contributed by atoms with E-state index in [1.165, 1.54) is 87.9 Å². The lowest BCUT2D eigenvalue weighted by Gasteiger charge is -2.15. The summed E-state index contributed by atoms with van der Waals surface area (Å²) in [5.41, 5.74) is 19.9.